The minimum atomic E-state index is -0.0859. The Morgan fingerprint density at radius 2 is 2.36 bits per heavy atom. The molecule has 2 bridgehead atoms. The van der Waals surface area contributed by atoms with Crippen molar-refractivity contribution in [3.05, 3.63) is 0 Å². The molecule has 1 aliphatic carbocycles. The molecule has 0 unspecified atom stereocenters. The SMILES string of the molecule is COC(=O)[C@@H]1N[C@H]2CC[C@@H]1C2. The molecule has 0 amide bonds. The summed E-state index contributed by atoms with van der Waals surface area (Å²) in [7, 11) is 1.45. The van der Waals surface area contributed by atoms with E-state index in [0.29, 0.717) is 12.0 Å². The van der Waals surface area contributed by atoms with Crippen LogP contribution in [0.15, 0.2) is 0 Å². The number of hydrogen-bond donors (Lipinski definition) is 1. The highest BCUT2D eigenvalue weighted by molar-refractivity contribution is 5.76. The molecule has 0 radical (unpaired) electrons. The number of carbonyl (C=O) groups is 1. The number of nitrogens with one attached hydrogen (secondary N) is 1. The molecule has 1 aliphatic heterocycles. The van der Waals surface area contributed by atoms with Gasteiger partial charge in [0.05, 0.1) is 7.11 Å². The maximum Gasteiger partial charge on any atom is 0.323 e. The van der Waals surface area contributed by atoms with Crippen molar-refractivity contribution in [2.75, 3.05) is 7.11 Å². The first-order valence-electron chi connectivity index (χ1n) is 4.15. The van der Waals surface area contributed by atoms with Crippen LogP contribution in [0.25, 0.3) is 0 Å². The number of piperidine rings is 1. The number of carbonyl (C=O) groups excluding carboxylic acids is 1. The molecule has 1 saturated carbocycles. The third kappa shape index (κ3) is 1.03. The lowest BCUT2D eigenvalue weighted by Crippen LogP contribution is -2.42. The summed E-state index contributed by atoms with van der Waals surface area (Å²) in [5, 5.41) is 3.27. The van der Waals surface area contributed by atoms with Crippen LogP contribution in [0, 0.1) is 5.92 Å². The Bertz CT molecular complexity index is 181. The zero-order valence-corrected chi connectivity index (χ0v) is 6.67. The fourth-order valence-electron chi connectivity index (χ4n) is 2.25. The highest BCUT2D eigenvalue weighted by atomic mass is 16.5. The van der Waals surface area contributed by atoms with E-state index in [1.165, 1.54) is 26.4 Å². The van der Waals surface area contributed by atoms with E-state index in [0.717, 1.165) is 0 Å². The Hall–Kier alpha value is -0.570. The van der Waals surface area contributed by atoms with E-state index >= 15 is 0 Å². The van der Waals surface area contributed by atoms with E-state index in [9.17, 15) is 4.79 Å². The van der Waals surface area contributed by atoms with E-state index in [1.807, 2.05) is 0 Å². The maximum absolute atomic E-state index is 11.1. The number of rotatable bonds is 1. The molecule has 0 aromatic rings. The van der Waals surface area contributed by atoms with Crippen molar-refractivity contribution in [3.63, 3.8) is 0 Å². The number of ether oxygens (including phenoxy) is 1. The molecule has 0 aromatic carbocycles. The average molecular weight is 155 g/mol. The molecule has 2 fully saturated rings. The summed E-state index contributed by atoms with van der Waals surface area (Å²) in [4.78, 5) is 11.1. The average Bonchev–Trinajstić information content (AvgIpc) is 2.62. The minimum Gasteiger partial charge on any atom is -0.468 e. The third-order valence-electron chi connectivity index (χ3n) is 2.81. The van der Waals surface area contributed by atoms with Gasteiger partial charge in [0, 0.05) is 6.04 Å². The van der Waals surface area contributed by atoms with Gasteiger partial charge in [0.2, 0.25) is 0 Å². The van der Waals surface area contributed by atoms with Gasteiger partial charge in [0.1, 0.15) is 6.04 Å². The molecule has 3 nitrogen and oxygen atoms in total. The van der Waals surface area contributed by atoms with Crippen LogP contribution in [0.5, 0.6) is 0 Å². The fraction of sp³-hybridized carbons (Fsp3) is 0.875. The highest BCUT2D eigenvalue weighted by Gasteiger charge is 2.43. The zero-order valence-electron chi connectivity index (χ0n) is 6.67. The predicted molar refractivity (Wildman–Crippen MR) is 40.1 cm³/mol. The molecule has 1 N–H and O–H groups in total. The lowest BCUT2D eigenvalue weighted by molar-refractivity contribution is -0.144. The van der Waals surface area contributed by atoms with E-state index < -0.39 is 0 Å². The summed E-state index contributed by atoms with van der Waals surface area (Å²) < 4.78 is 4.69. The second-order valence-electron chi connectivity index (χ2n) is 3.44. The summed E-state index contributed by atoms with van der Waals surface area (Å²) in [6, 6.07) is 0.586. The molecular formula is C8H13NO2. The Kier molecular flexibility index (Phi) is 1.60. The number of methoxy groups -OCH3 is 1. The van der Waals surface area contributed by atoms with Crippen LogP contribution in [-0.4, -0.2) is 25.2 Å². The zero-order chi connectivity index (χ0) is 7.84. The van der Waals surface area contributed by atoms with Crippen LogP contribution in [-0.2, 0) is 9.53 Å². The van der Waals surface area contributed by atoms with Crippen molar-refractivity contribution in [1.82, 2.24) is 5.32 Å². The van der Waals surface area contributed by atoms with Crippen molar-refractivity contribution in [1.29, 1.82) is 0 Å². The molecule has 1 heterocycles. The summed E-state index contributed by atoms with van der Waals surface area (Å²) in [6.45, 7) is 0. The standard InChI is InChI=1S/C8H13NO2/c1-11-8(10)7-5-2-3-6(4-5)9-7/h5-7,9H,2-4H2,1H3/t5-,6+,7-/m1/s1. The normalized spacial score (nSPS) is 41.0. The van der Waals surface area contributed by atoms with Gasteiger partial charge >= 0.3 is 5.97 Å². The van der Waals surface area contributed by atoms with Crippen LogP contribution in [0.1, 0.15) is 19.3 Å². The van der Waals surface area contributed by atoms with Crippen LogP contribution >= 0.6 is 0 Å². The first kappa shape index (κ1) is 7.10. The van der Waals surface area contributed by atoms with Crippen molar-refractivity contribution >= 4 is 5.97 Å². The topological polar surface area (TPSA) is 38.3 Å². The number of fused-ring (bicyclic) bond motifs is 2. The quantitative estimate of drug-likeness (QED) is 0.553. The summed E-state index contributed by atoms with van der Waals surface area (Å²) in [5.74, 6) is 0.463. The molecule has 0 spiro atoms. The van der Waals surface area contributed by atoms with Crippen molar-refractivity contribution in [2.24, 2.45) is 5.92 Å². The summed E-state index contributed by atoms with van der Waals surface area (Å²) >= 11 is 0. The van der Waals surface area contributed by atoms with Gasteiger partial charge in [-0.25, -0.2) is 0 Å². The highest BCUT2D eigenvalue weighted by Crippen LogP contribution is 2.35. The minimum absolute atomic E-state index is 0.00116. The molecule has 3 heteroatoms. The molecule has 3 atom stereocenters. The van der Waals surface area contributed by atoms with Crippen LogP contribution < -0.4 is 5.32 Å². The van der Waals surface area contributed by atoms with Gasteiger partial charge in [-0.3, -0.25) is 4.79 Å². The van der Waals surface area contributed by atoms with Crippen molar-refractivity contribution in [3.8, 4) is 0 Å². The third-order valence-corrected chi connectivity index (χ3v) is 2.81. The van der Waals surface area contributed by atoms with E-state index in [4.69, 9.17) is 0 Å². The maximum atomic E-state index is 11.1. The van der Waals surface area contributed by atoms with Crippen molar-refractivity contribution < 1.29 is 9.53 Å². The molecule has 0 aromatic heterocycles. The number of esters is 1. The van der Waals surface area contributed by atoms with Gasteiger partial charge in [-0.05, 0) is 25.2 Å². The van der Waals surface area contributed by atoms with Crippen LogP contribution in [0.2, 0.25) is 0 Å². The van der Waals surface area contributed by atoms with Gasteiger partial charge in [-0.2, -0.15) is 0 Å². The largest absolute Gasteiger partial charge is 0.468 e. The molecule has 2 rings (SSSR count). The van der Waals surface area contributed by atoms with Crippen molar-refractivity contribution in [2.45, 2.75) is 31.3 Å². The van der Waals surface area contributed by atoms with E-state index in [-0.39, 0.29) is 12.0 Å². The second-order valence-corrected chi connectivity index (χ2v) is 3.44. The van der Waals surface area contributed by atoms with E-state index in [2.05, 4.69) is 10.1 Å². The number of hydrogen-bond acceptors (Lipinski definition) is 3. The Balaban J connectivity index is 2.02. The smallest absolute Gasteiger partial charge is 0.323 e. The molecule has 62 valence electrons. The predicted octanol–water partition coefficient (Wildman–Crippen LogP) is 0.300. The molecule has 1 saturated heterocycles. The lowest BCUT2D eigenvalue weighted by atomic mass is 10.0. The Morgan fingerprint density at radius 1 is 1.55 bits per heavy atom. The fourth-order valence-corrected chi connectivity index (χ4v) is 2.25. The molecule has 2 aliphatic rings. The monoisotopic (exact) mass is 155 g/mol. The summed E-state index contributed by atoms with van der Waals surface area (Å²) in [5.41, 5.74) is 0. The van der Waals surface area contributed by atoms with E-state index in [1.54, 1.807) is 0 Å². The van der Waals surface area contributed by atoms with Gasteiger partial charge in [0.25, 0.3) is 0 Å². The van der Waals surface area contributed by atoms with Gasteiger partial charge in [-0.15, -0.1) is 0 Å². The van der Waals surface area contributed by atoms with Gasteiger partial charge in [0.15, 0.2) is 0 Å². The summed E-state index contributed by atoms with van der Waals surface area (Å²) in [6.07, 6.45) is 3.59. The Morgan fingerprint density at radius 3 is 2.82 bits per heavy atom. The Labute approximate surface area is 66.1 Å². The van der Waals surface area contributed by atoms with Crippen LogP contribution in [0.3, 0.4) is 0 Å². The van der Waals surface area contributed by atoms with Gasteiger partial charge in [-0.1, -0.05) is 0 Å². The molecule has 11 heavy (non-hydrogen) atoms. The first-order chi connectivity index (χ1) is 5.31. The first-order valence-corrected chi connectivity index (χ1v) is 4.15. The lowest BCUT2D eigenvalue weighted by Gasteiger charge is -2.20. The van der Waals surface area contributed by atoms with Crippen LogP contribution in [0.4, 0.5) is 0 Å². The molecular weight excluding hydrogens is 142 g/mol. The van der Waals surface area contributed by atoms with Gasteiger partial charge < -0.3 is 10.1 Å². The second kappa shape index (κ2) is 2.48.